The number of aromatic nitrogens is 1. The highest BCUT2D eigenvalue weighted by Crippen LogP contribution is 2.21. The second-order valence-electron chi connectivity index (χ2n) is 4.10. The standard InChI is InChI=1S/C12H18N2O/c1-15-12-3-2-11(8-12)14-9-10-4-6-13-7-5-10/h4-7,11-12,14H,2-3,8-9H2,1H3. The lowest BCUT2D eigenvalue weighted by atomic mass is 10.2. The lowest BCUT2D eigenvalue weighted by molar-refractivity contribution is 0.107. The van der Waals surface area contributed by atoms with Crippen LogP contribution in [-0.4, -0.2) is 24.2 Å². The second-order valence-corrected chi connectivity index (χ2v) is 4.10. The van der Waals surface area contributed by atoms with E-state index in [-0.39, 0.29) is 0 Å². The normalized spacial score (nSPS) is 25.7. The first kappa shape index (κ1) is 10.6. The summed E-state index contributed by atoms with van der Waals surface area (Å²) < 4.78 is 5.34. The van der Waals surface area contributed by atoms with Crippen molar-refractivity contribution in [2.45, 2.75) is 38.0 Å². The van der Waals surface area contributed by atoms with Gasteiger partial charge in [0.25, 0.3) is 0 Å². The van der Waals surface area contributed by atoms with E-state index in [2.05, 4.69) is 22.4 Å². The number of hydrogen-bond donors (Lipinski definition) is 1. The molecule has 82 valence electrons. The number of nitrogens with one attached hydrogen (secondary N) is 1. The van der Waals surface area contributed by atoms with Gasteiger partial charge in [-0.05, 0) is 37.0 Å². The van der Waals surface area contributed by atoms with Gasteiger partial charge in [-0.3, -0.25) is 4.98 Å². The van der Waals surface area contributed by atoms with Crippen LogP contribution >= 0.6 is 0 Å². The molecule has 1 aromatic heterocycles. The average molecular weight is 206 g/mol. The van der Waals surface area contributed by atoms with Crippen molar-refractivity contribution in [2.24, 2.45) is 0 Å². The fourth-order valence-corrected chi connectivity index (χ4v) is 2.10. The van der Waals surface area contributed by atoms with Crippen LogP contribution in [0, 0.1) is 0 Å². The van der Waals surface area contributed by atoms with E-state index < -0.39 is 0 Å². The number of rotatable bonds is 4. The maximum atomic E-state index is 5.34. The summed E-state index contributed by atoms with van der Waals surface area (Å²) >= 11 is 0. The zero-order valence-corrected chi connectivity index (χ0v) is 9.15. The lowest BCUT2D eigenvalue weighted by Gasteiger charge is -2.12. The molecule has 0 bridgehead atoms. The Bertz CT molecular complexity index is 289. The van der Waals surface area contributed by atoms with Gasteiger partial charge >= 0.3 is 0 Å². The van der Waals surface area contributed by atoms with Crippen molar-refractivity contribution in [3.05, 3.63) is 30.1 Å². The van der Waals surface area contributed by atoms with E-state index in [0.29, 0.717) is 12.1 Å². The molecule has 1 aliphatic rings. The van der Waals surface area contributed by atoms with Crippen molar-refractivity contribution < 1.29 is 4.74 Å². The first-order valence-corrected chi connectivity index (χ1v) is 5.53. The van der Waals surface area contributed by atoms with E-state index in [9.17, 15) is 0 Å². The molecule has 1 fully saturated rings. The minimum absolute atomic E-state index is 0.458. The van der Waals surface area contributed by atoms with E-state index in [1.807, 2.05) is 12.4 Å². The van der Waals surface area contributed by atoms with Crippen LogP contribution in [0.1, 0.15) is 24.8 Å². The van der Waals surface area contributed by atoms with E-state index in [0.717, 1.165) is 13.0 Å². The van der Waals surface area contributed by atoms with Crippen LogP contribution in [0.15, 0.2) is 24.5 Å². The predicted molar refractivity (Wildman–Crippen MR) is 59.5 cm³/mol. The van der Waals surface area contributed by atoms with Crippen molar-refractivity contribution in [3.8, 4) is 0 Å². The smallest absolute Gasteiger partial charge is 0.0586 e. The third-order valence-corrected chi connectivity index (χ3v) is 3.06. The molecular formula is C12H18N2O. The molecule has 2 atom stereocenters. The molecule has 1 saturated carbocycles. The van der Waals surface area contributed by atoms with Crippen molar-refractivity contribution in [3.63, 3.8) is 0 Å². The summed E-state index contributed by atoms with van der Waals surface area (Å²) in [5.41, 5.74) is 1.30. The van der Waals surface area contributed by atoms with Crippen molar-refractivity contribution in [2.75, 3.05) is 7.11 Å². The maximum absolute atomic E-state index is 5.34. The monoisotopic (exact) mass is 206 g/mol. The zero-order valence-electron chi connectivity index (χ0n) is 9.15. The minimum atomic E-state index is 0.458. The molecule has 0 aliphatic heterocycles. The maximum Gasteiger partial charge on any atom is 0.0586 e. The Kier molecular flexibility index (Phi) is 3.69. The van der Waals surface area contributed by atoms with Crippen LogP contribution in [0.2, 0.25) is 0 Å². The summed E-state index contributed by atoms with van der Waals surface area (Å²) in [5, 5.41) is 3.55. The Balaban J connectivity index is 1.75. The van der Waals surface area contributed by atoms with Crippen LogP contribution in [0.5, 0.6) is 0 Å². The SMILES string of the molecule is COC1CCC(NCc2ccncc2)C1. The minimum Gasteiger partial charge on any atom is -0.381 e. The topological polar surface area (TPSA) is 34.1 Å². The highest BCUT2D eigenvalue weighted by atomic mass is 16.5. The summed E-state index contributed by atoms with van der Waals surface area (Å²) in [6.07, 6.45) is 7.68. The third-order valence-electron chi connectivity index (χ3n) is 3.06. The Morgan fingerprint density at radius 2 is 2.20 bits per heavy atom. The first-order chi connectivity index (χ1) is 7.38. The summed E-state index contributed by atoms with van der Waals surface area (Å²) in [6.45, 7) is 0.934. The van der Waals surface area contributed by atoms with Crippen LogP contribution in [0.4, 0.5) is 0 Å². The number of ether oxygens (including phenoxy) is 1. The molecular weight excluding hydrogens is 188 g/mol. The van der Waals surface area contributed by atoms with Gasteiger partial charge in [0, 0.05) is 32.1 Å². The Morgan fingerprint density at radius 1 is 1.40 bits per heavy atom. The van der Waals surface area contributed by atoms with Gasteiger partial charge in [-0.15, -0.1) is 0 Å². The number of pyridine rings is 1. The van der Waals surface area contributed by atoms with Gasteiger partial charge in [-0.1, -0.05) is 0 Å². The molecule has 1 heterocycles. The summed E-state index contributed by atoms with van der Waals surface area (Å²) in [4.78, 5) is 4.00. The molecule has 1 N–H and O–H groups in total. The molecule has 0 radical (unpaired) electrons. The lowest BCUT2D eigenvalue weighted by Crippen LogP contribution is -2.26. The summed E-state index contributed by atoms with van der Waals surface area (Å²) in [7, 11) is 1.80. The number of nitrogens with zero attached hydrogens (tertiary/aromatic N) is 1. The van der Waals surface area contributed by atoms with Gasteiger partial charge in [0.2, 0.25) is 0 Å². The van der Waals surface area contributed by atoms with Crippen molar-refractivity contribution in [1.29, 1.82) is 0 Å². The quantitative estimate of drug-likeness (QED) is 0.814. The molecule has 2 unspecified atom stereocenters. The van der Waals surface area contributed by atoms with Gasteiger partial charge in [0.1, 0.15) is 0 Å². The molecule has 2 rings (SSSR count). The van der Waals surface area contributed by atoms with E-state index >= 15 is 0 Å². The Labute approximate surface area is 90.9 Å². The Morgan fingerprint density at radius 3 is 2.87 bits per heavy atom. The van der Waals surface area contributed by atoms with E-state index in [1.54, 1.807) is 7.11 Å². The Hall–Kier alpha value is -0.930. The van der Waals surface area contributed by atoms with Crippen LogP contribution in [0.3, 0.4) is 0 Å². The molecule has 0 amide bonds. The molecule has 3 heteroatoms. The van der Waals surface area contributed by atoms with Gasteiger partial charge in [0.15, 0.2) is 0 Å². The third kappa shape index (κ3) is 3.01. The fraction of sp³-hybridized carbons (Fsp3) is 0.583. The number of methoxy groups -OCH3 is 1. The molecule has 1 aromatic rings. The molecule has 1 aliphatic carbocycles. The zero-order chi connectivity index (χ0) is 10.5. The predicted octanol–water partition coefficient (Wildman–Crippen LogP) is 1.74. The highest BCUT2D eigenvalue weighted by molar-refractivity contribution is 5.09. The van der Waals surface area contributed by atoms with Crippen LogP contribution in [0.25, 0.3) is 0 Å². The largest absolute Gasteiger partial charge is 0.381 e. The van der Waals surface area contributed by atoms with E-state index in [4.69, 9.17) is 4.74 Å². The summed E-state index contributed by atoms with van der Waals surface area (Å²) in [6, 6.07) is 4.72. The van der Waals surface area contributed by atoms with Gasteiger partial charge in [0.05, 0.1) is 6.10 Å². The van der Waals surface area contributed by atoms with Crippen LogP contribution < -0.4 is 5.32 Å². The van der Waals surface area contributed by atoms with Crippen LogP contribution in [-0.2, 0) is 11.3 Å². The highest BCUT2D eigenvalue weighted by Gasteiger charge is 2.23. The molecule has 3 nitrogen and oxygen atoms in total. The molecule has 15 heavy (non-hydrogen) atoms. The molecule has 0 saturated heterocycles. The second kappa shape index (κ2) is 5.24. The van der Waals surface area contributed by atoms with Crippen molar-refractivity contribution >= 4 is 0 Å². The number of hydrogen-bond acceptors (Lipinski definition) is 3. The average Bonchev–Trinajstić information content (AvgIpc) is 2.76. The van der Waals surface area contributed by atoms with Gasteiger partial charge < -0.3 is 10.1 Å². The van der Waals surface area contributed by atoms with Crippen molar-refractivity contribution in [1.82, 2.24) is 10.3 Å². The first-order valence-electron chi connectivity index (χ1n) is 5.53. The van der Waals surface area contributed by atoms with Gasteiger partial charge in [-0.25, -0.2) is 0 Å². The van der Waals surface area contributed by atoms with E-state index in [1.165, 1.54) is 18.4 Å². The molecule has 0 aromatic carbocycles. The summed E-state index contributed by atoms with van der Waals surface area (Å²) in [5.74, 6) is 0. The van der Waals surface area contributed by atoms with Gasteiger partial charge in [-0.2, -0.15) is 0 Å². The fourth-order valence-electron chi connectivity index (χ4n) is 2.10. The molecule has 0 spiro atoms.